The first-order chi connectivity index (χ1) is 12.7. The molecule has 19 heteroatoms. The zero-order chi connectivity index (χ0) is 21.3. The molecule has 1 aromatic heterocycles. The number of rotatable bonds is 8. The minimum atomic E-state index is -5.38. The molecular weight excluding hydrogens is 514 g/mol. The molecule has 0 aromatic carbocycles. The van der Waals surface area contributed by atoms with Crippen LogP contribution in [0.15, 0.2) is 17.1 Å². The molecule has 2 rings (SSSR count). The van der Waals surface area contributed by atoms with Crippen molar-refractivity contribution in [3.8, 4) is 0 Å². The maximum atomic E-state index is 11.8. The van der Waals surface area contributed by atoms with Crippen molar-refractivity contribution in [3.05, 3.63) is 22.7 Å². The van der Waals surface area contributed by atoms with Crippen LogP contribution in [0, 0.1) is 0 Å². The summed E-state index contributed by atoms with van der Waals surface area (Å²) in [6.07, 6.45) is -6.02. The van der Waals surface area contributed by atoms with Crippen molar-refractivity contribution in [2.75, 3.05) is 12.3 Å². The van der Waals surface area contributed by atoms with Crippen LogP contribution >= 0.6 is 21.8 Å². The molecule has 2 unspecified atom stereocenters. The van der Waals surface area contributed by atoms with Gasteiger partial charge in [0.15, 0.2) is 0 Å². The quantitative estimate of drug-likeness (QED) is 0.162. The van der Waals surface area contributed by atoms with Crippen molar-refractivity contribution in [2.45, 2.75) is 24.9 Å². The first-order valence-electron chi connectivity index (χ1n) is 7.16. The van der Waals surface area contributed by atoms with E-state index in [2.05, 4.69) is 13.6 Å². The SMILES string of the molecule is Nc1ccn([C@H]2C[C@H](O)[C@@H](COP(O)(=[SeH])OP(=O)(O)OP(=O)(O)O)O2)c(=O)n1. The Morgan fingerprint density at radius 1 is 1.32 bits per heavy atom. The van der Waals surface area contributed by atoms with E-state index >= 15 is 0 Å². The summed E-state index contributed by atoms with van der Waals surface area (Å²) < 4.78 is 41.3. The van der Waals surface area contributed by atoms with Gasteiger partial charge >= 0.3 is 164 Å². The topological polar surface area (TPSA) is 233 Å². The second-order valence-corrected chi connectivity index (χ2v) is 13.0. The molecule has 1 saturated heterocycles. The van der Waals surface area contributed by atoms with Crippen molar-refractivity contribution < 1.29 is 51.7 Å². The van der Waals surface area contributed by atoms with Gasteiger partial charge in [-0.05, 0) is 0 Å². The fourth-order valence-electron chi connectivity index (χ4n) is 2.16. The van der Waals surface area contributed by atoms with Gasteiger partial charge in [-0.2, -0.15) is 0 Å². The van der Waals surface area contributed by atoms with Gasteiger partial charge in [0.05, 0.1) is 0 Å². The molecule has 1 aromatic rings. The van der Waals surface area contributed by atoms with Crippen LogP contribution in [0.4, 0.5) is 5.82 Å². The summed E-state index contributed by atoms with van der Waals surface area (Å²) in [4.78, 5) is 51.5. The van der Waals surface area contributed by atoms with E-state index in [1.807, 2.05) is 0 Å². The molecule has 0 amide bonds. The van der Waals surface area contributed by atoms with Gasteiger partial charge in [-0.25, -0.2) is 0 Å². The first-order valence-corrected chi connectivity index (χ1v) is 14.2. The number of nitrogens with two attached hydrogens (primary N) is 1. The summed E-state index contributed by atoms with van der Waals surface area (Å²) in [5.74, 6) is 0.00130. The van der Waals surface area contributed by atoms with Crippen molar-refractivity contribution in [1.82, 2.24) is 9.55 Å². The Labute approximate surface area is 164 Å². The summed E-state index contributed by atoms with van der Waals surface area (Å²) in [7, 11) is -10.7. The second-order valence-electron chi connectivity index (χ2n) is 5.38. The number of phosphoric acid groups is 2. The molecule has 0 saturated carbocycles. The molecule has 1 radical (unpaired) electrons. The molecule has 0 aliphatic carbocycles. The number of aliphatic hydroxyl groups excluding tert-OH is 1. The van der Waals surface area contributed by atoms with Crippen molar-refractivity contribution in [3.63, 3.8) is 0 Å². The van der Waals surface area contributed by atoms with E-state index in [0.29, 0.717) is 0 Å². The zero-order valence-electron chi connectivity index (χ0n) is 13.7. The van der Waals surface area contributed by atoms with Gasteiger partial charge in [0.25, 0.3) is 0 Å². The summed E-state index contributed by atoms with van der Waals surface area (Å²) in [6.45, 7) is -0.552. The van der Waals surface area contributed by atoms with E-state index in [1.165, 1.54) is 27.4 Å². The number of nitrogen functional groups attached to an aromatic ring is 1. The minimum absolute atomic E-state index is 0.00130. The standard InChI is InChI=1S/C9H17N3O12P3Se/c10-7-1-2-12(9(14)11-7)8-3-5(13)6(22-8)4-21-27(20,28)24-26(18,19)23-25(15,16)17/h1-2,5-6,8,13,20,28H,3-4H2,(H,18,19)(H2,10,11,14)(H2,15,16,17)/t5-,6+,8+,27?/m0/s1. The Morgan fingerprint density at radius 2 is 1.96 bits per heavy atom. The van der Waals surface area contributed by atoms with Crippen LogP contribution in [-0.2, 0) is 27.0 Å². The van der Waals surface area contributed by atoms with Crippen LogP contribution in [0.5, 0.6) is 0 Å². The van der Waals surface area contributed by atoms with Crippen molar-refractivity contribution in [2.24, 2.45) is 0 Å². The van der Waals surface area contributed by atoms with Crippen LogP contribution in [0.2, 0.25) is 0 Å². The molecule has 161 valence electrons. The van der Waals surface area contributed by atoms with E-state index < -0.39 is 52.6 Å². The molecule has 28 heavy (non-hydrogen) atoms. The molecule has 1 aliphatic rings. The van der Waals surface area contributed by atoms with Crippen molar-refractivity contribution in [1.29, 1.82) is 0 Å². The predicted molar refractivity (Wildman–Crippen MR) is 93.7 cm³/mol. The number of nitrogens with zero attached hydrogens (tertiary/aromatic N) is 2. The number of ether oxygens (including phenoxy) is 1. The number of anilines is 1. The number of hydrogen-bond donors (Lipinski definition) is 6. The van der Waals surface area contributed by atoms with Gasteiger partial charge in [-0.15, -0.1) is 0 Å². The Hall–Kier alpha value is -0.271. The van der Waals surface area contributed by atoms with E-state index in [1.54, 1.807) is 0 Å². The molecule has 15 nitrogen and oxygen atoms in total. The molecule has 7 N–H and O–H groups in total. The number of aliphatic hydroxyl groups is 1. The van der Waals surface area contributed by atoms with Crippen LogP contribution in [0.1, 0.15) is 12.6 Å². The molecule has 1 fully saturated rings. The number of aromatic nitrogens is 2. The van der Waals surface area contributed by atoms with Gasteiger partial charge in [0.2, 0.25) is 0 Å². The predicted octanol–water partition coefficient (Wildman–Crippen LogP) is -1.71. The molecule has 2 heterocycles. The average molecular weight is 531 g/mol. The third-order valence-corrected chi connectivity index (χ3v) is 9.14. The van der Waals surface area contributed by atoms with Gasteiger partial charge in [-0.3, -0.25) is 0 Å². The summed E-state index contributed by atoms with van der Waals surface area (Å²) in [5.41, 5.74) is 4.67. The maximum absolute atomic E-state index is 11.8. The van der Waals surface area contributed by atoms with E-state index in [0.717, 1.165) is 4.57 Å². The Bertz CT molecular complexity index is 919. The van der Waals surface area contributed by atoms with Gasteiger partial charge in [-0.1, -0.05) is 0 Å². The normalized spacial score (nSPS) is 27.2. The van der Waals surface area contributed by atoms with Gasteiger partial charge < -0.3 is 0 Å². The van der Waals surface area contributed by atoms with Crippen molar-refractivity contribution >= 4 is 42.8 Å². The van der Waals surface area contributed by atoms with Crippen LogP contribution in [0.3, 0.4) is 0 Å². The monoisotopic (exact) mass is 532 g/mol. The zero-order valence-corrected chi connectivity index (χ0v) is 18.2. The Morgan fingerprint density at radius 3 is 2.54 bits per heavy atom. The Balaban J connectivity index is 1.98. The molecule has 1 aliphatic heterocycles. The van der Waals surface area contributed by atoms with E-state index in [4.69, 9.17) is 24.8 Å². The van der Waals surface area contributed by atoms with Crippen LogP contribution in [0.25, 0.3) is 0 Å². The van der Waals surface area contributed by atoms with Crippen LogP contribution < -0.4 is 11.4 Å². The third-order valence-electron chi connectivity index (χ3n) is 3.19. The fraction of sp³-hybridized carbons (Fsp3) is 0.556. The van der Waals surface area contributed by atoms with Gasteiger partial charge in [0.1, 0.15) is 0 Å². The molecule has 5 atom stereocenters. The van der Waals surface area contributed by atoms with Gasteiger partial charge in [0, 0.05) is 0 Å². The second kappa shape index (κ2) is 8.84. The third kappa shape index (κ3) is 7.21. The molecule has 0 spiro atoms. The Kier molecular flexibility index (Phi) is 7.58. The summed E-state index contributed by atoms with van der Waals surface area (Å²) in [6, 6.07) is 1.35. The molecular formula is C9H17N3O12P3Se. The first kappa shape index (κ1) is 24.0. The van der Waals surface area contributed by atoms with Crippen LogP contribution in [-0.4, -0.2) is 68.1 Å². The van der Waals surface area contributed by atoms with E-state index in [-0.39, 0.29) is 12.2 Å². The molecule has 0 bridgehead atoms. The fourth-order valence-corrected chi connectivity index (χ4v) is 7.39. The summed E-state index contributed by atoms with van der Waals surface area (Å²) >= 11 is 1.39. The summed E-state index contributed by atoms with van der Waals surface area (Å²) in [5, 5.41) is 10.0. The number of hydrogen-bond acceptors (Lipinski definition) is 11. The van der Waals surface area contributed by atoms with E-state index in [9.17, 15) is 28.8 Å². The average Bonchev–Trinajstić information content (AvgIpc) is 2.82.